The molecule has 0 aliphatic carbocycles. The summed E-state index contributed by atoms with van der Waals surface area (Å²) in [5.74, 6) is -0.0979. The highest BCUT2D eigenvalue weighted by atomic mass is 16.1. The molecule has 1 atom stereocenters. The third-order valence-corrected chi connectivity index (χ3v) is 2.85. The largest absolute Gasteiger partial charge is 0.398 e. The van der Waals surface area contributed by atoms with E-state index in [0.29, 0.717) is 17.7 Å². The molecule has 0 bridgehead atoms. The Bertz CT molecular complexity index is 474. The lowest BCUT2D eigenvalue weighted by Crippen LogP contribution is -2.20. The number of carbonyl (C=O) groups excluding carboxylic acids is 1. The summed E-state index contributed by atoms with van der Waals surface area (Å²) in [5.41, 5.74) is 8.69. The maximum atomic E-state index is 11.7. The van der Waals surface area contributed by atoms with E-state index in [4.69, 9.17) is 11.0 Å². The van der Waals surface area contributed by atoms with Crippen molar-refractivity contribution in [2.75, 3.05) is 12.8 Å². The van der Waals surface area contributed by atoms with Crippen molar-refractivity contribution < 1.29 is 4.79 Å². The molecule has 0 fully saturated rings. The Morgan fingerprint density at radius 2 is 2.24 bits per heavy atom. The molecule has 90 valence electrons. The average Bonchev–Trinajstić information content (AvgIpc) is 2.31. The lowest BCUT2D eigenvalue weighted by molar-refractivity contribution is 0.0964. The van der Waals surface area contributed by atoms with Crippen LogP contribution in [-0.4, -0.2) is 13.0 Å². The summed E-state index contributed by atoms with van der Waals surface area (Å²) in [6.07, 6.45) is 0.427. The van der Waals surface area contributed by atoms with Crippen molar-refractivity contribution in [3.8, 4) is 6.07 Å². The first-order valence-corrected chi connectivity index (χ1v) is 5.50. The molecule has 0 aliphatic heterocycles. The molecular weight excluding hydrogens is 214 g/mol. The number of nitrogens with one attached hydrogen (secondary N) is 1. The molecule has 1 unspecified atom stereocenters. The van der Waals surface area contributed by atoms with Crippen LogP contribution in [0, 0.1) is 18.3 Å². The SMILES string of the molecule is CNC(=O)c1cc(C(C)CC#N)cc(C)c1N. The van der Waals surface area contributed by atoms with Crippen molar-refractivity contribution in [2.24, 2.45) is 0 Å². The van der Waals surface area contributed by atoms with Crippen LogP contribution in [0.3, 0.4) is 0 Å². The van der Waals surface area contributed by atoms with Gasteiger partial charge < -0.3 is 11.1 Å². The van der Waals surface area contributed by atoms with Gasteiger partial charge in [-0.25, -0.2) is 0 Å². The number of nitrogens with zero attached hydrogens (tertiary/aromatic N) is 1. The summed E-state index contributed by atoms with van der Waals surface area (Å²) in [5, 5.41) is 11.3. The Morgan fingerprint density at radius 1 is 1.59 bits per heavy atom. The van der Waals surface area contributed by atoms with E-state index in [2.05, 4.69) is 11.4 Å². The maximum Gasteiger partial charge on any atom is 0.253 e. The van der Waals surface area contributed by atoms with Gasteiger partial charge >= 0.3 is 0 Å². The number of nitrogens with two attached hydrogens (primary N) is 1. The summed E-state index contributed by atoms with van der Waals surface area (Å²) < 4.78 is 0. The molecule has 1 aromatic rings. The zero-order valence-electron chi connectivity index (χ0n) is 10.4. The van der Waals surface area contributed by atoms with Crippen molar-refractivity contribution in [2.45, 2.75) is 26.2 Å². The minimum absolute atomic E-state index is 0.0997. The summed E-state index contributed by atoms with van der Waals surface area (Å²) >= 11 is 0. The van der Waals surface area contributed by atoms with E-state index >= 15 is 0 Å². The van der Waals surface area contributed by atoms with E-state index in [0.717, 1.165) is 11.1 Å². The first-order valence-electron chi connectivity index (χ1n) is 5.50. The summed E-state index contributed by atoms with van der Waals surface area (Å²) in [6, 6.07) is 5.83. The molecule has 4 heteroatoms. The third kappa shape index (κ3) is 2.76. The molecule has 0 aromatic heterocycles. The Balaban J connectivity index is 3.24. The number of benzene rings is 1. The fraction of sp³-hybridized carbons (Fsp3) is 0.385. The number of hydrogen-bond donors (Lipinski definition) is 2. The van der Waals surface area contributed by atoms with E-state index in [-0.39, 0.29) is 11.8 Å². The predicted octanol–water partition coefficient (Wildman–Crippen LogP) is 1.95. The summed E-state index contributed by atoms with van der Waals surface area (Å²) in [7, 11) is 1.57. The topological polar surface area (TPSA) is 78.9 Å². The third-order valence-electron chi connectivity index (χ3n) is 2.85. The zero-order chi connectivity index (χ0) is 13.0. The van der Waals surface area contributed by atoms with Crippen LogP contribution in [0.25, 0.3) is 0 Å². The number of rotatable bonds is 3. The molecule has 17 heavy (non-hydrogen) atoms. The number of hydrogen-bond acceptors (Lipinski definition) is 3. The van der Waals surface area contributed by atoms with Crippen LogP contribution in [0.4, 0.5) is 5.69 Å². The molecule has 1 rings (SSSR count). The van der Waals surface area contributed by atoms with Gasteiger partial charge in [0.25, 0.3) is 5.91 Å². The molecule has 1 aromatic carbocycles. The minimum atomic E-state index is -0.198. The van der Waals surface area contributed by atoms with Gasteiger partial charge in [0, 0.05) is 19.2 Å². The molecule has 0 heterocycles. The Hall–Kier alpha value is -2.02. The van der Waals surface area contributed by atoms with Gasteiger partial charge in [0.15, 0.2) is 0 Å². The standard InChI is InChI=1S/C13H17N3O/c1-8(4-5-14)10-6-9(2)12(15)11(7-10)13(17)16-3/h6-8H,4,15H2,1-3H3,(H,16,17). The summed E-state index contributed by atoms with van der Waals surface area (Å²) in [4.78, 5) is 11.7. The minimum Gasteiger partial charge on any atom is -0.398 e. The second-order valence-corrected chi connectivity index (χ2v) is 4.14. The second kappa shape index (κ2) is 5.35. The van der Waals surface area contributed by atoms with Gasteiger partial charge in [0.1, 0.15) is 0 Å². The molecule has 0 saturated heterocycles. The van der Waals surface area contributed by atoms with Crippen LogP contribution in [-0.2, 0) is 0 Å². The van der Waals surface area contributed by atoms with Gasteiger partial charge in [0.2, 0.25) is 0 Å². The Labute approximate surface area is 101 Å². The van der Waals surface area contributed by atoms with Gasteiger partial charge in [-0.15, -0.1) is 0 Å². The number of anilines is 1. The number of nitriles is 1. The molecule has 0 radical (unpaired) electrons. The van der Waals surface area contributed by atoms with Crippen LogP contribution in [0.1, 0.15) is 40.7 Å². The van der Waals surface area contributed by atoms with Crippen molar-refractivity contribution in [3.05, 3.63) is 28.8 Å². The molecule has 1 amide bonds. The van der Waals surface area contributed by atoms with Crippen molar-refractivity contribution in [1.29, 1.82) is 5.26 Å². The maximum absolute atomic E-state index is 11.7. The summed E-state index contributed by atoms with van der Waals surface area (Å²) in [6.45, 7) is 3.83. The van der Waals surface area contributed by atoms with E-state index in [9.17, 15) is 4.79 Å². The van der Waals surface area contributed by atoms with Crippen LogP contribution in [0.5, 0.6) is 0 Å². The van der Waals surface area contributed by atoms with Gasteiger partial charge in [-0.05, 0) is 30.0 Å². The van der Waals surface area contributed by atoms with E-state index in [1.54, 1.807) is 13.1 Å². The number of amides is 1. The smallest absolute Gasteiger partial charge is 0.253 e. The zero-order valence-corrected chi connectivity index (χ0v) is 10.4. The first-order chi connectivity index (χ1) is 8.01. The molecular formula is C13H17N3O. The second-order valence-electron chi connectivity index (χ2n) is 4.14. The molecule has 0 saturated carbocycles. The highest BCUT2D eigenvalue weighted by Gasteiger charge is 2.14. The van der Waals surface area contributed by atoms with Crippen LogP contribution < -0.4 is 11.1 Å². The van der Waals surface area contributed by atoms with Gasteiger partial charge in [-0.1, -0.05) is 13.0 Å². The fourth-order valence-electron chi connectivity index (χ4n) is 1.69. The first kappa shape index (κ1) is 13.0. The highest BCUT2D eigenvalue weighted by molar-refractivity contribution is 5.99. The Morgan fingerprint density at radius 3 is 2.76 bits per heavy atom. The van der Waals surface area contributed by atoms with Crippen molar-refractivity contribution in [1.82, 2.24) is 5.32 Å². The molecule has 4 nitrogen and oxygen atoms in total. The van der Waals surface area contributed by atoms with E-state index < -0.39 is 0 Å². The lowest BCUT2D eigenvalue weighted by Gasteiger charge is -2.14. The van der Waals surface area contributed by atoms with Crippen molar-refractivity contribution in [3.63, 3.8) is 0 Å². The average molecular weight is 231 g/mol. The normalized spacial score (nSPS) is 11.6. The number of aryl methyl sites for hydroxylation is 1. The highest BCUT2D eigenvalue weighted by Crippen LogP contribution is 2.26. The molecule has 0 spiro atoms. The lowest BCUT2D eigenvalue weighted by atomic mass is 9.93. The number of carbonyl (C=O) groups is 1. The van der Waals surface area contributed by atoms with E-state index in [1.807, 2.05) is 19.9 Å². The van der Waals surface area contributed by atoms with Gasteiger partial charge in [0.05, 0.1) is 11.6 Å². The fourth-order valence-corrected chi connectivity index (χ4v) is 1.69. The van der Waals surface area contributed by atoms with Gasteiger partial charge in [-0.3, -0.25) is 4.79 Å². The van der Waals surface area contributed by atoms with Crippen LogP contribution >= 0.6 is 0 Å². The Kier molecular flexibility index (Phi) is 4.11. The van der Waals surface area contributed by atoms with Gasteiger partial charge in [-0.2, -0.15) is 5.26 Å². The van der Waals surface area contributed by atoms with E-state index in [1.165, 1.54) is 0 Å². The van der Waals surface area contributed by atoms with Crippen molar-refractivity contribution >= 4 is 11.6 Å². The monoisotopic (exact) mass is 231 g/mol. The molecule has 3 N–H and O–H groups in total. The van der Waals surface area contributed by atoms with Crippen LogP contribution in [0.15, 0.2) is 12.1 Å². The number of nitrogen functional groups attached to an aromatic ring is 1. The molecule has 0 aliphatic rings. The quantitative estimate of drug-likeness (QED) is 0.780. The predicted molar refractivity (Wildman–Crippen MR) is 67.6 cm³/mol. The van der Waals surface area contributed by atoms with Crippen LogP contribution in [0.2, 0.25) is 0 Å².